The van der Waals surface area contributed by atoms with E-state index in [9.17, 15) is 9.59 Å². The number of benzene rings is 2. The third kappa shape index (κ3) is 6.15. The van der Waals surface area contributed by atoms with Gasteiger partial charge in [-0.25, -0.2) is 4.68 Å². The van der Waals surface area contributed by atoms with Crippen LogP contribution in [0, 0.1) is 0 Å². The van der Waals surface area contributed by atoms with Gasteiger partial charge in [0.1, 0.15) is 0 Å². The highest BCUT2D eigenvalue weighted by molar-refractivity contribution is 6.31. The molecule has 2 atom stereocenters. The van der Waals surface area contributed by atoms with Crippen molar-refractivity contribution in [2.45, 2.75) is 51.4 Å². The van der Waals surface area contributed by atoms with Gasteiger partial charge in [0, 0.05) is 41.7 Å². The van der Waals surface area contributed by atoms with Crippen LogP contribution in [-0.4, -0.2) is 31.8 Å². The van der Waals surface area contributed by atoms with Crippen molar-refractivity contribution in [1.29, 1.82) is 0 Å². The SMILES string of the molecule is CC(NC(=O)c1cncc(Cc2ccc(Cn3ccccc3=O)cc2)c1)c1nn(C2CCCCO2)c2ccc(Cl)cc12. The molecule has 0 bridgehead atoms. The molecule has 5 aromatic rings. The number of carbonyl (C=O) groups is 1. The molecule has 1 fully saturated rings. The molecule has 214 valence electrons. The highest BCUT2D eigenvalue weighted by atomic mass is 35.5. The van der Waals surface area contributed by atoms with Crippen molar-refractivity contribution in [3.8, 4) is 0 Å². The van der Waals surface area contributed by atoms with E-state index in [2.05, 4.69) is 10.3 Å². The van der Waals surface area contributed by atoms with Crippen molar-refractivity contribution in [1.82, 2.24) is 24.6 Å². The van der Waals surface area contributed by atoms with E-state index in [-0.39, 0.29) is 23.7 Å². The van der Waals surface area contributed by atoms with E-state index < -0.39 is 0 Å². The maximum absolute atomic E-state index is 13.3. The van der Waals surface area contributed by atoms with E-state index in [0.29, 0.717) is 30.2 Å². The summed E-state index contributed by atoms with van der Waals surface area (Å²) in [5.41, 5.74) is 5.20. The first-order valence-electron chi connectivity index (χ1n) is 14.2. The van der Waals surface area contributed by atoms with E-state index in [4.69, 9.17) is 21.4 Å². The number of amides is 1. The number of ether oxygens (including phenoxy) is 1. The number of hydrogen-bond donors (Lipinski definition) is 1. The lowest BCUT2D eigenvalue weighted by Crippen LogP contribution is -2.27. The van der Waals surface area contributed by atoms with Gasteiger partial charge in [0.15, 0.2) is 6.23 Å². The Kier molecular flexibility index (Phi) is 8.17. The van der Waals surface area contributed by atoms with Gasteiger partial charge in [0.05, 0.1) is 29.4 Å². The van der Waals surface area contributed by atoms with Gasteiger partial charge in [-0.3, -0.25) is 14.6 Å². The van der Waals surface area contributed by atoms with Gasteiger partial charge in [-0.15, -0.1) is 0 Å². The topological polar surface area (TPSA) is 91.0 Å². The van der Waals surface area contributed by atoms with Crippen molar-refractivity contribution in [3.05, 3.63) is 129 Å². The van der Waals surface area contributed by atoms with Crippen LogP contribution < -0.4 is 10.9 Å². The van der Waals surface area contributed by atoms with Crippen molar-refractivity contribution in [3.63, 3.8) is 0 Å². The van der Waals surface area contributed by atoms with Crippen molar-refractivity contribution < 1.29 is 9.53 Å². The summed E-state index contributed by atoms with van der Waals surface area (Å²) in [5.74, 6) is -0.223. The van der Waals surface area contributed by atoms with Gasteiger partial charge < -0.3 is 14.6 Å². The lowest BCUT2D eigenvalue weighted by molar-refractivity contribution is -0.0369. The minimum Gasteiger partial charge on any atom is -0.356 e. The molecule has 0 radical (unpaired) electrons. The molecule has 2 unspecified atom stereocenters. The van der Waals surface area contributed by atoms with Gasteiger partial charge in [0.25, 0.3) is 11.5 Å². The van der Waals surface area contributed by atoms with Gasteiger partial charge >= 0.3 is 0 Å². The standard InChI is InChI=1S/C33H32ClN5O3/c1-22(32-28-18-27(34)12-13-29(28)39(37-32)31-7-3-5-15-42-31)36-33(41)26-17-25(19-35-20-26)16-23-8-10-24(11-9-23)21-38-14-4-2-6-30(38)40/h2,4,6,8-14,17-20,22,31H,3,5,7,15-16,21H2,1H3,(H,36,41). The normalized spacial score (nSPS) is 15.9. The Bertz CT molecular complexity index is 1770. The molecule has 4 heterocycles. The highest BCUT2D eigenvalue weighted by Crippen LogP contribution is 2.32. The van der Waals surface area contributed by atoms with Crippen molar-refractivity contribution in [2.24, 2.45) is 0 Å². The minimum absolute atomic E-state index is 0.0272. The average molecular weight is 582 g/mol. The summed E-state index contributed by atoms with van der Waals surface area (Å²) in [7, 11) is 0. The Hall–Kier alpha value is -4.27. The number of fused-ring (bicyclic) bond motifs is 1. The van der Waals surface area contributed by atoms with Gasteiger partial charge in [-0.05, 0) is 79.6 Å². The molecular formula is C33H32ClN5O3. The van der Waals surface area contributed by atoms with E-state index in [1.165, 1.54) is 0 Å². The quantitative estimate of drug-likeness (QED) is 0.240. The molecule has 9 heteroatoms. The van der Waals surface area contributed by atoms with Crippen LogP contribution >= 0.6 is 11.6 Å². The number of rotatable bonds is 8. The number of halogens is 1. The lowest BCUT2D eigenvalue weighted by atomic mass is 10.0. The summed E-state index contributed by atoms with van der Waals surface area (Å²) in [6.07, 6.45) is 8.68. The molecule has 1 saturated heterocycles. The molecule has 0 aliphatic carbocycles. The molecule has 0 spiro atoms. The number of carbonyl (C=O) groups excluding carboxylic acids is 1. The van der Waals surface area contributed by atoms with Crippen LogP contribution in [0.25, 0.3) is 10.9 Å². The summed E-state index contributed by atoms with van der Waals surface area (Å²) >= 11 is 6.35. The molecule has 1 aliphatic heterocycles. The largest absolute Gasteiger partial charge is 0.356 e. The molecule has 1 N–H and O–H groups in total. The fourth-order valence-electron chi connectivity index (χ4n) is 5.44. The van der Waals surface area contributed by atoms with Crippen LogP contribution in [0.4, 0.5) is 0 Å². The van der Waals surface area contributed by atoms with Crippen molar-refractivity contribution in [2.75, 3.05) is 6.61 Å². The summed E-state index contributed by atoms with van der Waals surface area (Å²) in [5, 5.41) is 9.51. The molecule has 42 heavy (non-hydrogen) atoms. The smallest absolute Gasteiger partial charge is 0.253 e. The zero-order valence-electron chi connectivity index (χ0n) is 23.4. The summed E-state index contributed by atoms with van der Waals surface area (Å²) in [6.45, 7) is 3.15. The number of pyridine rings is 2. The average Bonchev–Trinajstić information content (AvgIpc) is 3.39. The highest BCUT2D eigenvalue weighted by Gasteiger charge is 2.24. The Morgan fingerprint density at radius 1 is 1.05 bits per heavy atom. The van der Waals surface area contributed by atoms with E-state index in [1.54, 1.807) is 35.3 Å². The maximum atomic E-state index is 13.3. The Balaban J connectivity index is 1.15. The van der Waals surface area contributed by atoms with Gasteiger partial charge in [-0.2, -0.15) is 5.10 Å². The molecule has 6 rings (SSSR count). The second-order valence-electron chi connectivity index (χ2n) is 10.7. The number of aromatic nitrogens is 4. The number of nitrogens with zero attached hydrogens (tertiary/aromatic N) is 4. The molecular weight excluding hydrogens is 550 g/mol. The van der Waals surface area contributed by atoms with Crippen LogP contribution in [0.3, 0.4) is 0 Å². The summed E-state index contributed by atoms with van der Waals surface area (Å²) < 4.78 is 9.60. The van der Waals surface area contributed by atoms with E-state index in [0.717, 1.165) is 52.5 Å². The van der Waals surface area contributed by atoms with Gasteiger partial charge in [-0.1, -0.05) is 41.9 Å². The fraction of sp³-hybridized carbons (Fsp3) is 0.273. The first-order valence-corrected chi connectivity index (χ1v) is 14.6. The van der Waals surface area contributed by atoms with Crippen LogP contribution in [0.2, 0.25) is 5.02 Å². The molecule has 3 aromatic heterocycles. The first-order chi connectivity index (χ1) is 20.4. The third-order valence-electron chi connectivity index (χ3n) is 7.62. The van der Waals surface area contributed by atoms with Crippen LogP contribution in [0.5, 0.6) is 0 Å². The van der Waals surface area contributed by atoms with Crippen molar-refractivity contribution >= 4 is 28.4 Å². The molecule has 8 nitrogen and oxygen atoms in total. The van der Waals surface area contributed by atoms with Gasteiger partial charge in [0.2, 0.25) is 0 Å². The van der Waals surface area contributed by atoms with Crippen LogP contribution in [0.1, 0.15) is 71.2 Å². The van der Waals surface area contributed by atoms with E-state index in [1.807, 2.05) is 66.2 Å². The zero-order valence-corrected chi connectivity index (χ0v) is 24.1. The first kappa shape index (κ1) is 27.9. The third-order valence-corrected chi connectivity index (χ3v) is 7.86. The second-order valence-corrected chi connectivity index (χ2v) is 11.2. The predicted octanol–water partition coefficient (Wildman–Crippen LogP) is 6.08. The Labute approximate surface area is 248 Å². The van der Waals surface area contributed by atoms with Crippen LogP contribution in [-0.2, 0) is 17.7 Å². The number of hydrogen-bond acceptors (Lipinski definition) is 5. The molecule has 0 saturated carbocycles. The summed E-state index contributed by atoms with van der Waals surface area (Å²) in [4.78, 5) is 29.7. The minimum atomic E-state index is -0.364. The van der Waals surface area contributed by atoms with E-state index >= 15 is 0 Å². The summed E-state index contributed by atoms with van der Waals surface area (Å²) in [6, 6.07) is 20.5. The monoisotopic (exact) mass is 581 g/mol. The molecule has 1 amide bonds. The zero-order chi connectivity index (χ0) is 29.1. The predicted molar refractivity (Wildman–Crippen MR) is 163 cm³/mol. The maximum Gasteiger partial charge on any atom is 0.253 e. The Morgan fingerprint density at radius 2 is 1.88 bits per heavy atom. The second kappa shape index (κ2) is 12.3. The fourth-order valence-corrected chi connectivity index (χ4v) is 5.61. The Morgan fingerprint density at radius 3 is 2.67 bits per heavy atom. The lowest BCUT2D eigenvalue weighted by Gasteiger charge is -2.23. The molecule has 2 aromatic carbocycles. The molecule has 1 aliphatic rings. The number of nitrogens with one attached hydrogen (secondary N) is 1. The van der Waals surface area contributed by atoms with Crippen LogP contribution in [0.15, 0.2) is 90.1 Å².